The highest BCUT2D eigenvalue weighted by molar-refractivity contribution is 6.12. The van der Waals surface area contributed by atoms with Gasteiger partial charge in [-0.2, -0.15) is 0 Å². The third-order valence-electron chi connectivity index (χ3n) is 19.6. The van der Waals surface area contributed by atoms with Crippen LogP contribution in [-0.4, -0.2) is 6.04 Å². The lowest BCUT2D eigenvalue weighted by Gasteiger charge is -2.37. The molecule has 0 fully saturated rings. The van der Waals surface area contributed by atoms with Gasteiger partial charge in [-0.3, -0.25) is 0 Å². The Kier molecular flexibility index (Phi) is 11.0. The predicted molar refractivity (Wildman–Crippen MR) is 353 cm³/mol. The van der Waals surface area contributed by atoms with Gasteiger partial charge < -0.3 is 18.6 Å². The van der Waals surface area contributed by atoms with Gasteiger partial charge in [-0.05, 0) is 162 Å². The van der Waals surface area contributed by atoms with Gasteiger partial charge in [0.05, 0.1) is 22.8 Å². The Labute approximate surface area is 505 Å². The van der Waals surface area contributed by atoms with E-state index in [0.29, 0.717) is 11.2 Å². The molecular formula is C81H62F2N2O2. The molecular weight excluding hydrogens is 1070 g/mol. The van der Waals surface area contributed by atoms with Crippen LogP contribution in [0.1, 0.15) is 98.7 Å². The molecule has 0 bridgehead atoms. The number of anilines is 5. The molecule has 4 atom stereocenters. The van der Waals surface area contributed by atoms with Crippen molar-refractivity contribution >= 4 is 72.3 Å². The summed E-state index contributed by atoms with van der Waals surface area (Å²) in [6, 6.07) is 68.9. The zero-order valence-corrected chi connectivity index (χ0v) is 49.4. The molecule has 5 aliphatic rings. The zero-order valence-electron chi connectivity index (χ0n) is 49.4. The summed E-state index contributed by atoms with van der Waals surface area (Å²) >= 11 is 0. The zero-order chi connectivity index (χ0) is 58.8. The molecule has 0 N–H and O–H groups in total. The van der Waals surface area contributed by atoms with Gasteiger partial charge in [0.15, 0.2) is 34.0 Å². The van der Waals surface area contributed by atoms with Crippen LogP contribution in [0.2, 0.25) is 0 Å². The Morgan fingerprint density at radius 2 is 0.966 bits per heavy atom. The number of nitrogens with zero attached hydrogens (tertiary/aromatic N) is 2. The van der Waals surface area contributed by atoms with Crippen LogP contribution in [-0.2, 0) is 10.8 Å². The Balaban J connectivity index is 0.951. The molecule has 0 saturated heterocycles. The van der Waals surface area contributed by atoms with E-state index in [1.807, 2.05) is 24.3 Å². The summed E-state index contributed by atoms with van der Waals surface area (Å²) in [5, 5.41) is 3.19. The van der Waals surface area contributed by atoms with Crippen LogP contribution >= 0.6 is 0 Å². The van der Waals surface area contributed by atoms with Crippen LogP contribution < -0.4 is 9.80 Å². The average molecular weight is 1130 g/mol. The number of fused-ring (bicyclic) bond motifs is 22. The lowest BCUT2D eigenvalue weighted by molar-refractivity contribution is 0.510. The van der Waals surface area contributed by atoms with Gasteiger partial charge in [-0.15, -0.1) is 0 Å². The standard InChI is InChI=1S/C81H62F2N2O2/c1-79(2,3)47-31-35-49(36-32-47)84(73-29-15-24-62-60-22-13-27-71(82)75(60)86-77(62)73)51-39-41-58-59-42-40-52(85(50-37-33-48(34-38-50)80(4,5)6)74-30-16-25-63-61-23-14-28-72(83)76(61)87-78(63)74)44-69(59)81(68(58)43-51)67-26-12-11-21-57(67)66-45-64-55-19-9-7-17-53(55)54-18-8-10-20-56(54)65(64)46-70(66)81/h7-37,39-46,50,54,56H,38H2,1-6H3. The van der Waals surface area contributed by atoms with Crippen molar-refractivity contribution in [3.8, 4) is 33.4 Å². The highest BCUT2D eigenvalue weighted by Crippen LogP contribution is 2.66. The molecule has 17 rings (SSSR count). The lowest BCUT2D eigenvalue weighted by atomic mass is 9.66. The number of allylic oxidation sites excluding steroid dienone is 6. The van der Waals surface area contributed by atoms with Gasteiger partial charge in [0, 0.05) is 50.4 Å². The molecule has 0 saturated carbocycles. The second-order valence-electron chi connectivity index (χ2n) is 26.5. The maximum absolute atomic E-state index is 15.9. The first-order valence-electron chi connectivity index (χ1n) is 30.5. The summed E-state index contributed by atoms with van der Waals surface area (Å²) in [5.41, 5.74) is 22.6. The Bertz CT molecular complexity index is 5050. The van der Waals surface area contributed by atoms with Crippen molar-refractivity contribution < 1.29 is 17.6 Å². The van der Waals surface area contributed by atoms with Crippen molar-refractivity contribution in [2.45, 2.75) is 76.7 Å². The van der Waals surface area contributed by atoms with Crippen LogP contribution in [0.4, 0.5) is 37.2 Å². The number of hydrogen-bond acceptors (Lipinski definition) is 4. The molecule has 87 heavy (non-hydrogen) atoms. The van der Waals surface area contributed by atoms with Crippen molar-refractivity contribution in [1.82, 2.24) is 0 Å². The molecule has 0 amide bonds. The first-order valence-corrected chi connectivity index (χ1v) is 30.5. The van der Waals surface area contributed by atoms with E-state index < -0.39 is 11.2 Å². The maximum Gasteiger partial charge on any atom is 0.171 e. The molecule has 2 heterocycles. The molecule has 422 valence electrons. The molecule has 4 unspecified atom stereocenters. The second kappa shape index (κ2) is 18.6. The number of furan rings is 2. The van der Waals surface area contributed by atoms with Gasteiger partial charge in [0.1, 0.15) is 0 Å². The van der Waals surface area contributed by atoms with E-state index in [2.05, 4.69) is 239 Å². The third-order valence-corrected chi connectivity index (χ3v) is 19.6. The second-order valence-corrected chi connectivity index (χ2v) is 26.5. The van der Waals surface area contributed by atoms with E-state index in [9.17, 15) is 0 Å². The fraction of sp³-hybridized carbons (Fsp3) is 0.160. The number of benzene rings is 10. The summed E-state index contributed by atoms with van der Waals surface area (Å²) in [7, 11) is 0. The molecule has 10 aromatic carbocycles. The molecule has 5 aliphatic carbocycles. The van der Waals surface area contributed by atoms with Crippen molar-refractivity contribution in [3.63, 3.8) is 0 Å². The van der Waals surface area contributed by atoms with Crippen LogP contribution in [0.3, 0.4) is 0 Å². The molecule has 6 heteroatoms. The molecule has 0 aliphatic heterocycles. The average Bonchev–Trinajstić information content (AvgIpc) is 1.51. The van der Waals surface area contributed by atoms with Crippen molar-refractivity contribution in [3.05, 3.63) is 293 Å². The largest absolute Gasteiger partial charge is 0.451 e. The van der Waals surface area contributed by atoms with E-state index in [-0.39, 0.29) is 45.7 Å². The molecule has 0 radical (unpaired) electrons. The minimum atomic E-state index is -0.837. The third kappa shape index (κ3) is 7.46. The van der Waals surface area contributed by atoms with Gasteiger partial charge in [0.25, 0.3) is 0 Å². The topological polar surface area (TPSA) is 32.8 Å². The molecule has 1 spiro atoms. The predicted octanol–water partition coefficient (Wildman–Crippen LogP) is 22.3. The summed E-state index contributed by atoms with van der Waals surface area (Å²) in [5.74, 6) is -0.467. The Hall–Kier alpha value is -9.78. The highest BCUT2D eigenvalue weighted by atomic mass is 19.1. The van der Waals surface area contributed by atoms with Crippen molar-refractivity contribution in [2.24, 2.45) is 5.41 Å². The van der Waals surface area contributed by atoms with Gasteiger partial charge in [-0.1, -0.05) is 211 Å². The Morgan fingerprint density at radius 3 is 1.61 bits per heavy atom. The first-order chi connectivity index (χ1) is 42.2. The minimum absolute atomic E-state index is 0.0383. The van der Waals surface area contributed by atoms with Crippen LogP contribution in [0, 0.1) is 17.0 Å². The van der Waals surface area contributed by atoms with Crippen LogP contribution in [0.25, 0.3) is 77.3 Å². The number of halogens is 2. The minimum Gasteiger partial charge on any atom is -0.451 e. The fourth-order valence-electron chi connectivity index (χ4n) is 15.6. The normalized spacial score (nSPS) is 18.6. The van der Waals surface area contributed by atoms with Crippen molar-refractivity contribution in [2.75, 3.05) is 9.80 Å². The van der Waals surface area contributed by atoms with E-state index in [1.54, 1.807) is 12.1 Å². The smallest absolute Gasteiger partial charge is 0.171 e. The van der Waals surface area contributed by atoms with Gasteiger partial charge in [-0.25, -0.2) is 8.78 Å². The maximum atomic E-state index is 15.9. The fourth-order valence-corrected chi connectivity index (χ4v) is 15.6. The Morgan fingerprint density at radius 1 is 0.425 bits per heavy atom. The van der Waals surface area contributed by atoms with Crippen LogP contribution in [0.5, 0.6) is 0 Å². The summed E-state index contributed by atoms with van der Waals surface area (Å²) < 4.78 is 45.1. The molecule has 4 nitrogen and oxygen atoms in total. The number of para-hydroxylation sites is 4. The van der Waals surface area contributed by atoms with Crippen LogP contribution in [0.15, 0.2) is 251 Å². The quantitative estimate of drug-likeness (QED) is 0.166. The molecule has 2 aromatic heterocycles. The van der Waals surface area contributed by atoms with Gasteiger partial charge in [0.2, 0.25) is 0 Å². The SMILES string of the molecule is CC(C)(C)C1=CCC(N(c2ccc3c(c2)C2(c4ccccc4-c4cc5c(cc42)C2C=CC=CC2c2ccccc2-5)c2cc(N(c4ccc(C(C)(C)C)cc4)c4cccc5c4oc4c(F)cccc45)ccc2-3)c2cccc3c2oc2c(F)cccc23)C=C1. The monoisotopic (exact) mass is 1130 g/mol. The summed E-state index contributed by atoms with van der Waals surface area (Å²) in [6.45, 7) is 13.5. The lowest BCUT2D eigenvalue weighted by Crippen LogP contribution is -2.32. The van der Waals surface area contributed by atoms with Crippen molar-refractivity contribution in [1.29, 1.82) is 0 Å². The summed E-state index contributed by atoms with van der Waals surface area (Å²) in [6.07, 6.45) is 17.0. The van der Waals surface area contributed by atoms with E-state index in [1.165, 1.54) is 78.9 Å². The molecule has 12 aromatic rings. The van der Waals surface area contributed by atoms with E-state index >= 15 is 8.78 Å². The number of hydrogen-bond donors (Lipinski definition) is 0. The van der Waals surface area contributed by atoms with E-state index in [0.717, 1.165) is 67.5 Å². The first kappa shape index (κ1) is 51.6. The van der Waals surface area contributed by atoms with Gasteiger partial charge >= 0.3 is 0 Å². The summed E-state index contributed by atoms with van der Waals surface area (Å²) in [4.78, 5) is 4.74. The highest BCUT2D eigenvalue weighted by Gasteiger charge is 2.53. The van der Waals surface area contributed by atoms with E-state index in [4.69, 9.17) is 8.83 Å². The number of rotatable bonds is 6.